The molecule has 0 N–H and O–H groups in total. The van der Waals surface area contributed by atoms with E-state index in [1.807, 2.05) is 20.8 Å². The zero-order valence-electron chi connectivity index (χ0n) is 11.8. The number of aromatic nitrogens is 1. The summed E-state index contributed by atoms with van der Waals surface area (Å²) >= 11 is 5.97. The van der Waals surface area contributed by atoms with Crippen molar-refractivity contribution < 1.29 is 8.60 Å². The summed E-state index contributed by atoms with van der Waals surface area (Å²) in [5, 5.41) is 0.192. The highest BCUT2D eigenvalue weighted by Gasteiger charge is 2.19. The highest BCUT2D eigenvalue weighted by molar-refractivity contribution is 7.99. The molecule has 0 aliphatic rings. The lowest BCUT2D eigenvalue weighted by Crippen LogP contribution is -2.22. The van der Waals surface area contributed by atoms with E-state index < -0.39 is 27.4 Å². The Bertz CT molecular complexity index is 540. The van der Waals surface area contributed by atoms with E-state index in [9.17, 15) is 8.60 Å². The molecule has 0 fully saturated rings. The molecule has 0 aliphatic carbocycles. The van der Waals surface area contributed by atoms with Gasteiger partial charge in [0, 0.05) is 10.3 Å². The summed E-state index contributed by atoms with van der Waals surface area (Å²) in [4.78, 5) is 8.03. The maximum absolute atomic E-state index is 13.3. The van der Waals surface area contributed by atoms with Gasteiger partial charge in [0.25, 0.3) is 0 Å². The summed E-state index contributed by atoms with van der Waals surface area (Å²) in [6.07, 6.45) is 3.17. The van der Waals surface area contributed by atoms with Crippen LogP contribution in [0.1, 0.15) is 38.8 Å². The van der Waals surface area contributed by atoms with E-state index in [1.165, 1.54) is 11.6 Å². The molecule has 20 heavy (non-hydrogen) atoms. The van der Waals surface area contributed by atoms with Crippen LogP contribution < -0.4 is 0 Å². The second-order valence-electron chi connectivity index (χ2n) is 5.24. The summed E-state index contributed by atoms with van der Waals surface area (Å²) in [6, 6.07) is 0.857. The Morgan fingerprint density at radius 2 is 2.25 bits per heavy atom. The van der Waals surface area contributed by atoms with Crippen LogP contribution in [0.2, 0.25) is 5.15 Å². The Kier molecular flexibility index (Phi) is 6.02. The fourth-order valence-corrected chi connectivity index (χ4v) is 2.19. The molecular formula is C14H18ClFN2OS. The number of rotatable bonds is 5. The van der Waals surface area contributed by atoms with Gasteiger partial charge >= 0.3 is 0 Å². The molecule has 0 radical (unpaired) electrons. The molecule has 0 saturated heterocycles. The van der Waals surface area contributed by atoms with Crippen LogP contribution >= 0.6 is 11.6 Å². The second kappa shape index (κ2) is 7.09. The Morgan fingerprint density at radius 1 is 1.60 bits per heavy atom. The molecule has 1 heterocycles. The topological polar surface area (TPSA) is 42.3 Å². The molecule has 0 aromatic carbocycles. The third kappa shape index (κ3) is 4.80. The van der Waals surface area contributed by atoms with Crippen LogP contribution in [0.4, 0.5) is 4.39 Å². The van der Waals surface area contributed by atoms with Gasteiger partial charge in [0.15, 0.2) is 0 Å². The Labute approximate surface area is 126 Å². The van der Waals surface area contributed by atoms with Gasteiger partial charge in [-0.2, -0.15) is 0 Å². The van der Waals surface area contributed by atoms with Crippen LogP contribution in [-0.2, 0) is 10.8 Å². The van der Waals surface area contributed by atoms with Gasteiger partial charge in [0.2, 0.25) is 0 Å². The predicted molar refractivity (Wildman–Crippen MR) is 83.1 cm³/mol. The number of pyridine rings is 1. The zero-order valence-corrected chi connectivity index (χ0v) is 13.3. The average molecular weight is 317 g/mol. The molecule has 0 saturated carbocycles. The summed E-state index contributed by atoms with van der Waals surface area (Å²) < 4.78 is 24.9. The van der Waals surface area contributed by atoms with Crippen molar-refractivity contribution in [3.63, 3.8) is 0 Å². The van der Waals surface area contributed by atoms with Crippen LogP contribution in [0, 0.1) is 5.82 Å². The Morgan fingerprint density at radius 3 is 2.80 bits per heavy atom. The first-order valence-corrected chi connectivity index (χ1v) is 7.70. The van der Waals surface area contributed by atoms with Crippen molar-refractivity contribution in [2.45, 2.75) is 38.0 Å². The van der Waals surface area contributed by atoms with E-state index in [0.717, 1.165) is 6.20 Å². The van der Waals surface area contributed by atoms with E-state index in [-0.39, 0.29) is 5.15 Å². The fraction of sp³-hybridized carbons (Fsp3) is 0.429. The zero-order chi connectivity index (χ0) is 15.3. The number of aliphatic imine (C=N–C) groups is 1. The van der Waals surface area contributed by atoms with Crippen molar-refractivity contribution in [2.75, 3.05) is 0 Å². The lowest BCUT2D eigenvalue weighted by Gasteiger charge is -2.16. The maximum atomic E-state index is 13.3. The monoisotopic (exact) mass is 316 g/mol. The minimum Gasteiger partial charge on any atom is -0.275 e. The van der Waals surface area contributed by atoms with E-state index in [1.54, 1.807) is 6.08 Å². The third-order valence-electron chi connectivity index (χ3n) is 2.52. The first-order valence-electron chi connectivity index (χ1n) is 6.11. The van der Waals surface area contributed by atoms with Crippen molar-refractivity contribution in [3.05, 3.63) is 41.5 Å². The fourth-order valence-electron chi connectivity index (χ4n) is 1.38. The van der Waals surface area contributed by atoms with E-state index in [2.05, 4.69) is 16.6 Å². The summed E-state index contributed by atoms with van der Waals surface area (Å²) in [6.45, 7) is 9.21. The second-order valence-corrected chi connectivity index (χ2v) is 7.63. The molecule has 1 aromatic rings. The van der Waals surface area contributed by atoms with Crippen molar-refractivity contribution in [1.29, 1.82) is 0 Å². The van der Waals surface area contributed by atoms with Crippen LogP contribution in [0.5, 0.6) is 0 Å². The third-order valence-corrected chi connectivity index (χ3v) is 4.36. The molecule has 1 aromatic heterocycles. The van der Waals surface area contributed by atoms with Gasteiger partial charge in [-0.25, -0.2) is 9.37 Å². The van der Waals surface area contributed by atoms with Crippen LogP contribution in [0.25, 0.3) is 0 Å². The van der Waals surface area contributed by atoms with Gasteiger partial charge in [-0.3, -0.25) is 9.20 Å². The highest BCUT2D eigenvalue weighted by Crippen LogP contribution is 2.28. The van der Waals surface area contributed by atoms with Crippen LogP contribution in [-0.4, -0.2) is 19.5 Å². The maximum Gasteiger partial charge on any atom is 0.141 e. The normalized spacial score (nSPS) is 15.2. The Hall–Kier alpha value is -1.07. The molecule has 1 rings (SSSR count). The van der Waals surface area contributed by atoms with Crippen LogP contribution in [0.15, 0.2) is 29.9 Å². The van der Waals surface area contributed by atoms with Crippen molar-refractivity contribution >= 4 is 27.9 Å². The number of nitrogens with zero attached hydrogens (tertiary/aromatic N) is 2. The first kappa shape index (κ1) is 17.0. The largest absolute Gasteiger partial charge is 0.275 e. The quantitative estimate of drug-likeness (QED) is 0.356. The van der Waals surface area contributed by atoms with Gasteiger partial charge in [-0.15, -0.1) is 6.58 Å². The van der Waals surface area contributed by atoms with Gasteiger partial charge in [-0.05, 0) is 33.3 Å². The Balaban J connectivity index is 3.06. The summed E-state index contributed by atoms with van der Waals surface area (Å²) in [5.41, 5.74) is 1.85. The molecule has 3 nitrogen and oxygen atoms in total. The number of hydrogen-bond donors (Lipinski definition) is 0. The van der Waals surface area contributed by atoms with E-state index in [4.69, 9.17) is 11.6 Å². The minimum atomic E-state index is -1.23. The van der Waals surface area contributed by atoms with Crippen molar-refractivity contribution in [1.82, 2.24) is 4.98 Å². The predicted octanol–water partition coefficient (Wildman–Crippen LogP) is 4.07. The van der Waals surface area contributed by atoms with Crippen molar-refractivity contribution in [2.24, 2.45) is 4.99 Å². The molecule has 0 spiro atoms. The smallest absolute Gasteiger partial charge is 0.141 e. The summed E-state index contributed by atoms with van der Waals surface area (Å²) in [5.74, 6) is -0.481. The van der Waals surface area contributed by atoms with Gasteiger partial charge in [-0.1, -0.05) is 17.7 Å². The standard InChI is InChI=1S/C14H18ClFN2OS/c1-5-6-12(18-9-20(19)14(2,3)4)11-7-10(16)8-17-13(11)15/h5,7-9,12H,1,6H2,2-4H3/t12-,20?/m1/s1. The molecule has 1 unspecified atom stereocenters. The molecule has 0 amide bonds. The highest BCUT2D eigenvalue weighted by atomic mass is 35.5. The van der Waals surface area contributed by atoms with E-state index in [0.29, 0.717) is 12.0 Å². The van der Waals surface area contributed by atoms with Gasteiger partial charge in [0.1, 0.15) is 11.0 Å². The molecule has 6 heteroatoms. The van der Waals surface area contributed by atoms with Gasteiger partial charge in [0.05, 0.1) is 28.6 Å². The number of halogens is 2. The van der Waals surface area contributed by atoms with E-state index >= 15 is 0 Å². The molecule has 0 aliphatic heterocycles. The number of hydrogen-bond acceptors (Lipinski definition) is 3. The molecule has 0 bridgehead atoms. The SMILES string of the molecule is C=CC[C@@H](N=CS(=O)C(C)(C)C)c1cc(F)cnc1Cl. The lowest BCUT2D eigenvalue weighted by molar-refractivity contribution is 0.612. The summed E-state index contributed by atoms with van der Waals surface area (Å²) in [7, 11) is -1.23. The van der Waals surface area contributed by atoms with Crippen molar-refractivity contribution in [3.8, 4) is 0 Å². The molecule has 2 atom stereocenters. The lowest BCUT2D eigenvalue weighted by atomic mass is 10.1. The molecular weight excluding hydrogens is 299 g/mol. The minimum absolute atomic E-state index is 0.192. The molecule has 110 valence electrons. The van der Waals surface area contributed by atoms with Gasteiger partial charge < -0.3 is 0 Å². The van der Waals surface area contributed by atoms with Crippen LogP contribution in [0.3, 0.4) is 0 Å². The first-order chi connectivity index (χ1) is 9.25. The average Bonchev–Trinajstić information content (AvgIpc) is 2.36.